The first-order valence-electron chi connectivity index (χ1n) is 6.20. The van der Waals surface area contributed by atoms with Crippen molar-refractivity contribution in [3.05, 3.63) is 24.0 Å². The Balaban J connectivity index is 2.77. The van der Waals surface area contributed by atoms with E-state index in [1.54, 1.807) is 33.2 Å². The van der Waals surface area contributed by atoms with Crippen molar-refractivity contribution in [2.24, 2.45) is 5.92 Å². The number of aromatic nitrogens is 1. The van der Waals surface area contributed by atoms with E-state index in [4.69, 9.17) is 5.11 Å². The topological polar surface area (TPSA) is 91.6 Å². The molecular formula is C13H19N3O4. The van der Waals surface area contributed by atoms with Gasteiger partial charge in [-0.25, -0.2) is 0 Å². The Hall–Kier alpha value is -2.31. The molecule has 0 aliphatic rings. The average molecular weight is 281 g/mol. The first-order chi connectivity index (χ1) is 9.36. The Morgan fingerprint density at radius 2 is 2.10 bits per heavy atom. The van der Waals surface area contributed by atoms with Crippen LogP contribution in [0.25, 0.3) is 0 Å². The number of hydrogen-bond acceptors (Lipinski definition) is 3. The lowest BCUT2D eigenvalue weighted by Gasteiger charge is -2.21. The Morgan fingerprint density at radius 3 is 2.65 bits per heavy atom. The van der Waals surface area contributed by atoms with Crippen molar-refractivity contribution in [1.82, 2.24) is 14.8 Å². The fourth-order valence-electron chi connectivity index (χ4n) is 1.91. The first kappa shape index (κ1) is 15.7. The van der Waals surface area contributed by atoms with Crippen LogP contribution in [-0.2, 0) is 16.1 Å². The largest absolute Gasteiger partial charge is 0.480 e. The molecule has 1 atom stereocenters. The minimum Gasteiger partial charge on any atom is -0.480 e. The summed E-state index contributed by atoms with van der Waals surface area (Å²) in [6.45, 7) is 1.71. The maximum absolute atomic E-state index is 12.2. The molecule has 110 valence electrons. The molecule has 0 spiro atoms. The minimum atomic E-state index is -1.02. The third-order valence-electron chi connectivity index (χ3n) is 2.94. The minimum absolute atomic E-state index is 0.148. The predicted molar refractivity (Wildman–Crippen MR) is 72.3 cm³/mol. The maximum Gasteiger partial charge on any atom is 0.323 e. The quantitative estimate of drug-likeness (QED) is 0.769. The Morgan fingerprint density at radius 1 is 1.45 bits per heavy atom. The number of hydrogen-bond donors (Lipinski definition) is 2. The molecule has 0 radical (unpaired) electrons. The molecule has 0 aliphatic carbocycles. The number of nitrogens with one attached hydrogen (secondary N) is 1. The smallest absolute Gasteiger partial charge is 0.323 e. The van der Waals surface area contributed by atoms with E-state index in [0.717, 1.165) is 0 Å². The van der Waals surface area contributed by atoms with E-state index in [9.17, 15) is 14.4 Å². The highest BCUT2D eigenvalue weighted by Crippen LogP contribution is 2.08. The molecule has 1 aromatic rings. The van der Waals surface area contributed by atoms with Crippen LogP contribution in [0.3, 0.4) is 0 Å². The second kappa shape index (κ2) is 6.74. The summed E-state index contributed by atoms with van der Waals surface area (Å²) in [5.74, 6) is -1.81. The van der Waals surface area contributed by atoms with Crippen LogP contribution >= 0.6 is 0 Å². The monoisotopic (exact) mass is 281 g/mol. The first-order valence-corrected chi connectivity index (χ1v) is 6.20. The van der Waals surface area contributed by atoms with Crippen molar-refractivity contribution in [2.75, 3.05) is 20.6 Å². The van der Waals surface area contributed by atoms with Crippen LogP contribution in [0.5, 0.6) is 0 Å². The van der Waals surface area contributed by atoms with Crippen LogP contribution < -0.4 is 5.32 Å². The number of nitrogens with zero attached hydrogens (tertiary/aromatic N) is 2. The second-order valence-electron chi connectivity index (χ2n) is 4.62. The summed E-state index contributed by atoms with van der Waals surface area (Å²) in [5.41, 5.74) is 0.291. The Bertz CT molecular complexity index is 509. The van der Waals surface area contributed by atoms with E-state index >= 15 is 0 Å². The van der Waals surface area contributed by atoms with Gasteiger partial charge in [0.25, 0.3) is 5.91 Å². The summed E-state index contributed by atoms with van der Waals surface area (Å²) >= 11 is 0. The van der Waals surface area contributed by atoms with Gasteiger partial charge in [0.05, 0.1) is 5.92 Å². The lowest BCUT2D eigenvalue weighted by atomic mass is 10.1. The van der Waals surface area contributed by atoms with Gasteiger partial charge < -0.3 is 19.9 Å². The number of rotatable bonds is 6. The SMILES string of the molecule is CNC(=O)C(C)CN(C)C(=O)c1cccn1CC(=O)O. The van der Waals surface area contributed by atoms with Crippen LogP contribution in [0.15, 0.2) is 18.3 Å². The zero-order valence-corrected chi connectivity index (χ0v) is 11.8. The highest BCUT2D eigenvalue weighted by molar-refractivity contribution is 5.93. The van der Waals surface area contributed by atoms with Crippen molar-refractivity contribution in [3.63, 3.8) is 0 Å². The number of carbonyl (C=O) groups excluding carboxylic acids is 2. The predicted octanol–water partition coefficient (Wildman–Crippen LogP) is 0.0268. The fourth-order valence-corrected chi connectivity index (χ4v) is 1.91. The van der Waals surface area contributed by atoms with Gasteiger partial charge in [-0.1, -0.05) is 6.92 Å². The molecule has 0 fully saturated rings. The number of carboxylic acid groups (broad SMARTS) is 1. The van der Waals surface area contributed by atoms with Crippen LogP contribution in [-0.4, -0.2) is 53.0 Å². The molecule has 20 heavy (non-hydrogen) atoms. The maximum atomic E-state index is 12.2. The summed E-state index contributed by atoms with van der Waals surface area (Å²) in [6, 6.07) is 3.18. The molecule has 0 aliphatic heterocycles. The normalized spacial score (nSPS) is 11.8. The Kier molecular flexibility index (Phi) is 5.31. The van der Waals surface area contributed by atoms with E-state index < -0.39 is 5.97 Å². The highest BCUT2D eigenvalue weighted by Gasteiger charge is 2.20. The van der Waals surface area contributed by atoms with E-state index in [2.05, 4.69) is 5.32 Å². The van der Waals surface area contributed by atoms with Gasteiger partial charge in [0, 0.05) is 26.8 Å². The molecule has 0 bridgehead atoms. The molecule has 1 heterocycles. The summed E-state index contributed by atoms with van der Waals surface area (Å²) in [6.07, 6.45) is 1.54. The molecular weight excluding hydrogens is 262 g/mol. The van der Waals surface area contributed by atoms with E-state index in [1.807, 2.05) is 0 Å². The molecule has 1 aromatic heterocycles. The van der Waals surface area contributed by atoms with E-state index in [1.165, 1.54) is 15.7 Å². The Labute approximate surface area is 117 Å². The van der Waals surface area contributed by atoms with E-state index in [-0.39, 0.29) is 30.8 Å². The molecule has 2 N–H and O–H groups in total. The molecule has 1 unspecified atom stereocenters. The van der Waals surface area contributed by atoms with Gasteiger partial charge in [-0.05, 0) is 12.1 Å². The summed E-state index contributed by atoms with van der Waals surface area (Å²) in [7, 11) is 3.12. The van der Waals surface area contributed by atoms with Crippen LogP contribution in [0.1, 0.15) is 17.4 Å². The molecule has 0 saturated heterocycles. The summed E-state index contributed by atoms with van der Waals surface area (Å²) < 4.78 is 1.37. The average Bonchev–Trinajstić information content (AvgIpc) is 2.83. The number of carboxylic acids is 1. The van der Waals surface area contributed by atoms with Gasteiger partial charge in [-0.2, -0.15) is 0 Å². The van der Waals surface area contributed by atoms with Crippen molar-refractivity contribution in [1.29, 1.82) is 0 Å². The molecule has 2 amide bonds. The van der Waals surface area contributed by atoms with E-state index in [0.29, 0.717) is 5.69 Å². The fraction of sp³-hybridized carbons (Fsp3) is 0.462. The number of carbonyl (C=O) groups is 3. The standard InChI is InChI=1S/C13H19N3O4/c1-9(12(19)14-2)7-15(3)13(20)10-5-4-6-16(10)8-11(17)18/h4-6,9H,7-8H2,1-3H3,(H,14,19)(H,17,18). The highest BCUT2D eigenvalue weighted by atomic mass is 16.4. The zero-order chi connectivity index (χ0) is 15.3. The van der Waals surface area contributed by atoms with Gasteiger partial charge in [-0.15, -0.1) is 0 Å². The van der Waals surface area contributed by atoms with Gasteiger partial charge >= 0.3 is 5.97 Å². The van der Waals surface area contributed by atoms with Crippen molar-refractivity contribution in [2.45, 2.75) is 13.5 Å². The van der Waals surface area contributed by atoms with Crippen molar-refractivity contribution in [3.8, 4) is 0 Å². The van der Waals surface area contributed by atoms with Crippen LogP contribution in [0, 0.1) is 5.92 Å². The molecule has 7 heteroatoms. The van der Waals surface area contributed by atoms with Gasteiger partial charge in [0.15, 0.2) is 0 Å². The van der Waals surface area contributed by atoms with Crippen molar-refractivity contribution >= 4 is 17.8 Å². The molecule has 0 aromatic carbocycles. The van der Waals surface area contributed by atoms with Gasteiger partial charge in [0.2, 0.25) is 5.91 Å². The van der Waals surface area contributed by atoms with Gasteiger partial charge in [0.1, 0.15) is 12.2 Å². The van der Waals surface area contributed by atoms with Gasteiger partial charge in [-0.3, -0.25) is 14.4 Å². The van der Waals surface area contributed by atoms with Crippen LogP contribution in [0.2, 0.25) is 0 Å². The molecule has 0 saturated carbocycles. The van der Waals surface area contributed by atoms with Crippen molar-refractivity contribution < 1.29 is 19.5 Å². The lowest BCUT2D eigenvalue weighted by molar-refractivity contribution is -0.137. The third-order valence-corrected chi connectivity index (χ3v) is 2.94. The lowest BCUT2D eigenvalue weighted by Crippen LogP contribution is -2.38. The van der Waals surface area contributed by atoms with Crippen LogP contribution in [0.4, 0.5) is 0 Å². The molecule has 7 nitrogen and oxygen atoms in total. The summed E-state index contributed by atoms with van der Waals surface area (Å²) in [4.78, 5) is 35.8. The number of aliphatic carboxylic acids is 1. The molecule has 1 rings (SSSR count). The third kappa shape index (κ3) is 3.84. The zero-order valence-electron chi connectivity index (χ0n) is 11.8. The number of amides is 2. The second-order valence-corrected chi connectivity index (χ2v) is 4.62. The summed E-state index contributed by atoms with van der Waals surface area (Å²) in [5, 5.41) is 11.3.